The Bertz CT molecular complexity index is 1110. The van der Waals surface area contributed by atoms with E-state index in [-0.39, 0.29) is 11.7 Å². The number of nitrogens with one attached hydrogen (secondary N) is 1. The van der Waals surface area contributed by atoms with Gasteiger partial charge in [-0.3, -0.25) is 4.79 Å². The summed E-state index contributed by atoms with van der Waals surface area (Å²) in [4.78, 5) is 17.1. The van der Waals surface area contributed by atoms with Crippen LogP contribution < -0.4 is 5.32 Å². The van der Waals surface area contributed by atoms with E-state index in [0.29, 0.717) is 5.16 Å². The number of aryl methyl sites for hydroxylation is 1. The lowest BCUT2D eigenvalue weighted by molar-refractivity contribution is -0.113. The van der Waals surface area contributed by atoms with Gasteiger partial charge < -0.3 is 5.32 Å². The molecule has 0 atom stereocenters. The second-order valence-electron chi connectivity index (χ2n) is 6.65. The molecule has 1 N–H and O–H groups in total. The smallest absolute Gasteiger partial charge is 0.234 e. The molecule has 1 heterocycles. The number of benzene rings is 3. The van der Waals surface area contributed by atoms with Gasteiger partial charge in [0.05, 0.1) is 17.1 Å². The third kappa shape index (κ3) is 4.80. The Kier molecular flexibility index (Phi) is 6.30. The van der Waals surface area contributed by atoms with E-state index < -0.39 is 0 Å². The number of rotatable bonds is 6. The molecule has 0 aliphatic rings. The molecule has 5 nitrogen and oxygen atoms in total. The topological polar surface area (TPSA) is 59.8 Å². The van der Waals surface area contributed by atoms with E-state index in [1.807, 2.05) is 90.5 Å². The minimum Gasteiger partial charge on any atom is -0.324 e. The van der Waals surface area contributed by atoms with Crippen molar-refractivity contribution in [3.63, 3.8) is 0 Å². The molecule has 0 unspecified atom stereocenters. The van der Waals surface area contributed by atoms with Crippen molar-refractivity contribution in [2.45, 2.75) is 12.1 Å². The van der Waals surface area contributed by atoms with Crippen LogP contribution in [0.15, 0.2) is 88.5 Å². The van der Waals surface area contributed by atoms with E-state index in [9.17, 15) is 4.79 Å². The van der Waals surface area contributed by atoms with Gasteiger partial charge in [-0.1, -0.05) is 66.4 Å². The summed E-state index contributed by atoms with van der Waals surface area (Å²) in [5, 5.41) is 8.12. The first kappa shape index (κ1) is 20.4. The van der Waals surface area contributed by atoms with Crippen LogP contribution in [0.2, 0.25) is 0 Å². The van der Waals surface area contributed by atoms with Crippen molar-refractivity contribution in [3.05, 3.63) is 88.9 Å². The molecule has 0 aliphatic carbocycles. The van der Waals surface area contributed by atoms with E-state index >= 15 is 0 Å². The zero-order chi connectivity index (χ0) is 20.9. The summed E-state index contributed by atoms with van der Waals surface area (Å²) >= 11 is 4.80. The number of aromatic nitrogens is 3. The summed E-state index contributed by atoms with van der Waals surface area (Å²) in [7, 11) is 0. The van der Waals surface area contributed by atoms with Crippen molar-refractivity contribution >= 4 is 39.3 Å². The summed E-state index contributed by atoms with van der Waals surface area (Å²) < 4.78 is 2.67. The first-order chi connectivity index (χ1) is 14.6. The van der Waals surface area contributed by atoms with Gasteiger partial charge in [-0.2, -0.15) is 0 Å². The van der Waals surface area contributed by atoms with Gasteiger partial charge in [0.2, 0.25) is 11.1 Å². The number of amides is 1. The number of halogens is 1. The second-order valence-corrected chi connectivity index (χ2v) is 8.45. The van der Waals surface area contributed by atoms with Gasteiger partial charge in [0.25, 0.3) is 0 Å². The molecule has 0 radical (unpaired) electrons. The van der Waals surface area contributed by atoms with Crippen molar-refractivity contribution in [1.82, 2.24) is 14.8 Å². The van der Waals surface area contributed by atoms with Crippen LogP contribution in [0.3, 0.4) is 0 Å². The molecule has 0 fully saturated rings. The molecule has 150 valence electrons. The Morgan fingerprint density at radius 1 is 1.03 bits per heavy atom. The summed E-state index contributed by atoms with van der Waals surface area (Å²) in [6, 6.07) is 25.6. The minimum atomic E-state index is -0.109. The molecule has 1 aromatic heterocycles. The quantitative estimate of drug-likeness (QED) is 0.359. The highest BCUT2D eigenvalue weighted by Crippen LogP contribution is 2.26. The molecule has 7 heteroatoms. The molecule has 0 bridgehead atoms. The van der Waals surface area contributed by atoms with Gasteiger partial charge in [-0.05, 0) is 52.7 Å². The average Bonchev–Trinajstić information content (AvgIpc) is 3.20. The Balaban J connectivity index is 1.53. The van der Waals surface area contributed by atoms with Gasteiger partial charge in [0.15, 0.2) is 5.82 Å². The summed E-state index contributed by atoms with van der Waals surface area (Å²) in [5.41, 5.74) is 3.76. The molecule has 4 rings (SSSR count). The zero-order valence-corrected chi connectivity index (χ0v) is 18.7. The van der Waals surface area contributed by atoms with Crippen molar-refractivity contribution in [2.75, 3.05) is 11.1 Å². The molecule has 0 saturated heterocycles. The van der Waals surface area contributed by atoms with Crippen LogP contribution in [0.25, 0.3) is 17.1 Å². The lowest BCUT2D eigenvalue weighted by Gasteiger charge is -2.07. The van der Waals surface area contributed by atoms with Crippen LogP contribution >= 0.6 is 27.7 Å². The molecule has 30 heavy (non-hydrogen) atoms. The Morgan fingerprint density at radius 2 is 1.73 bits per heavy atom. The van der Waals surface area contributed by atoms with Gasteiger partial charge in [-0.25, -0.2) is 9.67 Å². The van der Waals surface area contributed by atoms with Crippen LogP contribution in [-0.4, -0.2) is 26.4 Å². The highest BCUT2D eigenvalue weighted by atomic mass is 79.9. The maximum absolute atomic E-state index is 12.4. The van der Waals surface area contributed by atoms with Crippen molar-refractivity contribution in [2.24, 2.45) is 0 Å². The number of carbonyl (C=O) groups is 1. The molecule has 3 aromatic carbocycles. The third-order valence-corrected chi connectivity index (χ3v) is 5.85. The van der Waals surface area contributed by atoms with E-state index in [0.717, 1.165) is 32.8 Å². The maximum Gasteiger partial charge on any atom is 0.234 e. The fraction of sp³-hybridized carbons (Fsp3) is 0.0870. The van der Waals surface area contributed by atoms with Crippen molar-refractivity contribution in [1.29, 1.82) is 0 Å². The average molecular weight is 479 g/mol. The van der Waals surface area contributed by atoms with E-state index in [1.54, 1.807) is 0 Å². The van der Waals surface area contributed by atoms with E-state index in [2.05, 4.69) is 26.3 Å². The lowest BCUT2D eigenvalue weighted by atomic mass is 10.2. The molecule has 0 saturated carbocycles. The predicted octanol–water partition coefficient (Wildman–Crippen LogP) is 5.74. The minimum absolute atomic E-state index is 0.109. The monoisotopic (exact) mass is 478 g/mol. The Morgan fingerprint density at radius 3 is 2.43 bits per heavy atom. The molecular weight excluding hydrogens is 460 g/mol. The van der Waals surface area contributed by atoms with E-state index in [1.165, 1.54) is 11.8 Å². The molecular formula is C23H19BrN4OS. The number of para-hydroxylation sites is 1. The highest BCUT2D eigenvalue weighted by Gasteiger charge is 2.15. The van der Waals surface area contributed by atoms with Crippen molar-refractivity contribution < 1.29 is 4.79 Å². The van der Waals surface area contributed by atoms with Crippen LogP contribution in [0.4, 0.5) is 5.69 Å². The van der Waals surface area contributed by atoms with Crippen LogP contribution in [-0.2, 0) is 4.79 Å². The van der Waals surface area contributed by atoms with Gasteiger partial charge in [-0.15, -0.1) is 5.10 Å². The Labute approximate surface area is 187 Å². The van der Waals surface area contributed by atoms with Crippen LogP contribution in [0.5, 0.6) is 0 Å². The SMILES string of the molecule is Cc1ccc(NC(=O)CSc2nc(-c3ccccc3)n(-c3ccccc3)n2)c(Br)c1. The highest BCUT2D eigenvalue weighted by molar-refractivity contribution is 9.10. The summed E-state index contributed by atoms with van der Waals surface area (Å²) in [5.74, 6) is 0.848. The second kappa shape index (κ2) is 9.28. The lowest BCUT2D eigenvalue weighted by Crippen LogP contribution is -2.14. The summed E-state index contributed by atoms with van der Waals surface area (Å²) in [6.07, 6.45) is 0. The first-order valence-corrected chi connectivity index (χ1v) is 11.1. The fourth-order valence-corrected chi connectivity index (χ4v) is 4.13. The fourth-order valence-electron chi connectivity index (χ4n) is 2.92. The van der Waals surface area contributed by atoms with Gasteiger partial charge in [0.1, 0.15) is 0 Å². The molecule has 1 amide bonds. The maximum atomic E-state index is 12.4. The first-order valence-electron chi connectivity index (χ1n) is 9.37. The Hall–Kier alpha value is -2.90. The van der Waals surface area contributed by atoms with Gasteiger partial charge in [0, 0.05) is 10.0 Å². The standard InChI is InChI=1S/C23H19BrN4OS/c1-16-12-13-20(19(24)14-16)25-21(29)15-30-23-26-22(17-8-4-2-5-9-17)28(27-23)18-10-6-3-7-11-18/h2-14H,15H2,1H3,(H,25,29). The summed E-state index contributed by atoms with van der Waals surface area (Å²) in [6.45, 7) is 2.01. The number of hydrogen-bond donors (Lipinski definition) is 1. The van der Waals surface area contributed by atoms with Crippen LogP contribution in [0, 0.1) is 6.92 Å². The predicted molar refractivity (Wildman–Crippen MR) is 125 cm³/mol. The van der Waals surface area contributed by atoms with Crippen molar-refractivity contribution in [3.8, 4) is 17.1 Å². The molecule has 4 aromatic rings. The molecule has 0 aliphatic heterocycles. The third-order valence-electron chi connectivity index (χ3n) is 4.35. The van der Waals surface area contributed by atoms with Crippen LogP contribution in [0.1, 0.15) is 5.56 Å². The molecule has 0 spiro atoms. The number of nitrogens with zero attached hydrogens (tertiary/aromatic N) is 3. The number of anilines is 1. The normalized spacial score (nSPS) is 10.7. The van der Waals surface area contributed by atoms with E-state index in [4.69, 9.17) is 4.98 Å². The zero-order valence-electron chi connectivity index (χ0n) is 16.2. The largest absolute Gasteiger partial charge is 0.324 e. The van der Waals surface area contributed by atoms with Gasteiger partial charge >= 0.3 is 0 Å². The number of carbonyl (C=O) groups excluding carboxylic acids is 1. The number of thioether (sulfide) groups is 1. The number of hydrogen-bond acceptors (Lipinski definition) is 4.